The summed E-state index contributed by atoms with van der Waals surface area (Å²) in [6.07, 6.45) is 0. The molecule has 0 saturated carbocycles. The molecule has 1 aliphatic rings. The molecule has 0 radical (unpaired) electrons. The normalized spacial score (nSPS) is 16.6. The molecular weight excluding hydrogens is 288 g/mol. The van der Waals surface area contributed by atoms with Gasteiger partial charge in [-0.25, -0.2) is 0 Å². The third kappa shape index (κ3) is 4.91. The summed E-state index contributed by atoms with van der Waals surface area (Å²) in [6.45, 7) is 5.27. The molecule has 0 bridgehead atoms. The zero-order valence-corrected chi connectivity index (χ0v) is 13.1. The van der Waals surface area contributed by atoms with Gasteiger partial charge in [-0.3, -0.25) is 4.79 Å². The lowest BCUT2D eigenvalue weighted by Crippen LogP contribution is -2.36. The maximum Gasteiger partial charge on any atom is 0.237 e. The third-order valence-electron chi connectivity index (χ3n) is 3.34. The van der Waals surface area contributed by atoms with Crippen molar-refractivity contribution in [1.29, 1.82) is 0 Å². The van der Waals surface area contributed by atoms with Gasteiger partial charge in [0.2, 0.25) is 5.91 Å². The van der Waals surface area contributed by atoms with Gasteiger partial charge in [-0.15, -0.1) is 11.8 Å². The molecule has 0 spiro atoms. The van der Waals surface area contributed by atoms with E-state index in [1.165, 1.54) is 11.8 Å². The fourth-order valence-electron chi connectivity index (χ4n) is 2.13. The van der Waals surface area contributed by atoms with Crippen LogP contribution in [0.2, 0.25) is 0 Å². The largest absolute Gasteiger partial charge is 0.396 e. The minimum Gasteiger partial charge on any atom is -0.396 e. The number of morpholine rings is 1. The van der Waals surface area contributed by atoms with Crippen LogP contribution in [0.3, 0.4) is 0 Å². The molecule has 1 aromatic carbocycles. The average molecular weight is 310 g/mol. The number of carbonyl (C=O) groups excluding carboxylic acids is 1. The molecule has 2 N–H and O–H groups in total. The Hall–Kier alpha value is -1.24. The van der Waals surface area contributed by atoms with E-state index in [0.717, 1.165) is 37.7 Å². The van der Waals surface area contributed by atoms with Crippen LogP contribution >= 0.6 is 11.8 Å². The lowest BCUT2D eigenvalue weighted by molar-refractivity contribution is -0.115. The topological polar surface area (TPSA) is 61.8 Å². The number of hydrogen-bond acceptors (Lipinski definition) is 5. The maximum absolute atomic E-state index is 12.0. The highest BCUT2D eigenvalue weighted by atomic mass is 32.2. The van der Waals surface area contributed by atoms with E-state index in [1.54, 1.807) is 0 Å². The number of nitrogens with zero attached hydrogens (tertiary/aromatic N) is 1. The van der Waals surface area contributed by atoms with E-state index in [-0.39, 0.29) is 17.8 Å². The van der Waals surface area contributed by atoms with Crippen molar-refractivity contribution in [1.82, 2.24) is 0 Å². The molecule has 5 nitrogen and oxygen atoms in total. The van der Waals surface area contributed by atoms with Crippen LogP contribution < -0.4 is 10.2 Å². The fraction of sp³-hybridized carbons (Fsp3) is 0.533. The minimum atomic E-state index is -0.170. The summed E-state index contributed by atoms with van der Waals surface area (Å²) >= 11 is 1.45. The molecule has 0 aliphatic carbocycles. The van der Waals surface area contributed by atoms with E-state index in [9.17, 15) is 4.79 Å². The minimum absolute atomic E-state index is 0.0347. The Morgan fingerprint density at radius 1 is 1.38 bits per heavy atom. The van der Waals surface area contributed by atoms with Gasteiger partial charge >= 0.3 is 0 Å². The van der Waals surface area contributed by atoms with Crippen LogP contribution in [-0.2, 0) is 9.53 Å². The summed E-state index contributed by atoms with van der Waals surface area (Å²) in [5.41, 5.74) is 1.95. The van der Waals surface area contributed by atoms with Crippen molar-refractivity contribution in [2.75, 3.05) is 48.9 Å². The Kier molecular flexibility index (Phi) is 6.35. The molecule has 1 heterocycles. The van der Waals surface area contributed by atoms with Crippen molar-refractivity contribution in [3.8, 4) is 0 Å². The lowest BCUT2D eigenvalue weighted by atomic mass is 10.2. The van der Waals surface area contributed by atoms with Crippen molar-refractivity contribution >= 4 is 29.0 Å². The highest BCUT2D eigenvalue weighted by molar-refractivity contribution is 8.00. The Labute approximate surface area is 129 Å². The van der Waals surface area contributed by atoms with Crippen molar-refractivity contribution in [2.24, 2.45) is 0 Å². The van der Waals surface area contributed by atoms with E-state index < -0.39 is 0 Å². The first-order valence-electron chi connectivity index (χ1n) is 7.17. The van der Waals surface area contributed by atoms with E-state index in [4.69, 9.17) is 9.84 Å². The number of benzene rings is 1. The van der Waals surface area contributed by atoms with Crippen molar-refractivity contribution in [3.05, 3.63) is 24.3 Å². The molecule has 116 valence electrons. The summed E-state index contributed by atoms with van der Waals surface area (Å²) < 4.78 is 5.34. The third-order valence-corrected chi connectivity index (χ3v) is 4.47. The number of carbonyl (C=O) groups is 1. The standard InChI is InChI=1S/C15H22N2O3S/c1-12(21-11-8-18)15(19)16-13-2-4-14(5-3-13)17-6-9-20-10-7-17/h2-5,12,18H,6-11H2,1H3,(H,16,19)/t12-/m0/s1. The van der Waals surface area contributed by atoms with Crippen LogP contribution in [0, 0.1) is 0 Å². The molecule has 1 amide bonds. The van der Waals surface area contributed by atoms with Gasteiger partial charge in [0.15, 0.2) is 0 Å². The van der Waals surface area contributed by atoms with Crippen LogP contribution in [0.25, 0.3) is 0 Å². The van der Waals surface area contributed by atoms with Gasteiger partial charge in [0.05, 0.1) is 25.1 Å². The average Bonchev–Trinajstić information content (AvgIpc) is 2.54. The SMILES string of the molecule is C[C@H](SCCO)C(=O)Nc1ccc(N2CCOCC2)cc1. The quantitative estimate of drug-likeness (QED) is 0.835. The predicted octanol–water partition coefficient (Wildman–Crippen LogP) is 1.58. The second kappa shape index (κ2) is 8.26. The van der Waals surface area contributed by atoms with Crippen LogP contribution in [0.4, 0.5) is 11.4 Å². The second-order valence-corrected chi connectivity index (χ2v) is 6.32. The number of thioether (sulfide) groups is 1. The Balaban J connectivity index is 1.88. The molecule has 21 heavy (non-hydrogen) atoms. The number of aliphatic hydroxyl groups is 1. The van der Waals surface area contributed by atoms with Gasteiger partial charge in [-0.05, 0) is 31.2 Å². The summed E-state index contributed by atoms with van der Waals surface area (Å²) in [5, 5.41) is 11.5. The van der Waals surface area contributed by atoms with Gasteiger partial charge in [0.1, 0.15) is 0 Å². The summed E-state index contributed by atoms with van der Waals surface area (Å²) in [5.74, 6) is 0.539. The van der Waals surface area contributed by atoms with E-state index in [0.29, 0.717) is 5.75 Å². The first kappa shape index (κ1) is 16.1. The highest BCUT2D eigenvalue weighted by Crippen LogP contribution is 2.20. The molecule has 1 aromatic rings. The van der Waals surface area contributed by atoms with Crippen LogP contribution in [0.1, 0.15) is 6.92 Å². The molecule has 2 rings (SSSR count). The van der Waals surface area contributed by atoms with Crippen molar-refractivity contribution < 1.29 is 14.6 Å². The van der Waals surface area contributed by atoms with Gasteiger partial charge in [-0.2, -0.15) is 0 Å². The highest BCUT2D eigenvalue weighted by Gasteiger charge is 2.14. The van der Waals surface area contributed by atoms with E-state index in [2.05, 4.69) is 10.2 Å². The van der Waals surface area contributed by atoms with E-state index in [1.807, 2.05) is 31.2 Å². The Morgan fingerprint density at radius 3 is 2.67 bits per heavy atom. The smallest absolute Gasteiger partial charge is 0.237 e. The molecule has 1 saturated heterocycles. The van der Waals surface area contributed by atoms with Gasteiger partial charge in [0.25, 0.3) is 0 Å². The number of nitrogens with one attached hydrogen (secondary N) is 1. The van der Waals surface area contributed by atoms with Gasteiger partial charge < -0.3 is 20.1 Å². The molecule has 1 aliphatic heterocycles. The second-order valence-electron chi connectivity index (χ2n) is 4.87. The van der Waals surface area contributed by atoms with Gasteiger partial charge in [-0.1, -0.05) is 0 Å². The van der Waals surface area contributed by atoms with Crippen molar-refractivity contribution in [3.63, 3.8) is 0 Å². The number of hydrogen-bond donors (Lipinski definition) is 2. The van der Waals surface area contributed by atoms with E-state index >= 15 is 0 Å². The summed E-state index contributed by atoms with van der Waals surface area (Å²) in [4.78, 5) is 14.2. The number of aliphatic hydroxyl groups excluding tert-OH is 1. The first-order valence-corrected chi connectivity index (χ1v) is 8.21. The molecule has 1 atom stereocenters. The van der Waals surface area contributed by atoms with Crippen molar-refractivity contribution in [2.45, 2.75) is 12.2 Å². The molecule has 1 fully saturated rings. The first-order chi connectivity index (χ1) is 10.2. The monoisotopic (exact) mass is 310 g/mol. The molecular formula is C15H22N2O3S. The maximum atomic E-state index is 12.0. The Bertz CT molecular complexity index is 447. The summed E-state index contributed by atoms with van der Waals surface area (Å²) in [6, 6.07) is 7.89. The molecule has 0 unspecified atom stereocenters. The zero-order chi connectivity index (χ0) is 15.1. The fourth-order valence-corrected chi connectivity index (χ4v) is 2.80. The summed E-state index contributed by atoms with van der Waals surface area (Å²) in [7, 11) is 0. The zero-order valence-electron chi connectivity index (χ0n) is 12.2. The Morgan fingerprint density at radius 2 is 2.05 bits per heavy atom. The van der Waals surface area contributed by atoms with Crippen LogP contribution in [0.15, 0.2) is 24.3 Å². The predicted molar refractivity (Wildman–Crippen MR) is 87.1 cm³/mol. The number of anilines is 2. The van der Waals surface area contributed by atoms with Crippen LogP contribution in [0.5, 0.6) is 0 Å². The van der Waals surface area contributed by atoms with Crippen LogP contribution in [-0.4, -0.2) is 54.9 Å². The molecule has 6 heteroatoms. The lowest BCUT2D eigenvalue weighted by Gasteiger charge is -2.28. The van der Waals surface area contributed by atoms with Gasteiger partial charge in [0, 0.05) is 30.2 Å². The number of ether oxygens (including phenoxy) is 1. The number of amides is 1. The number of rotatable bonds is 6. The molecule has 0 aromatic heterocycles.